The molecule has 0 aliphatic carbocycles. The molecule has 5 rings (SSSR count). The fourth-order valence-electron chi connectivity index (χ4n) is 5.78. The number of carbonyl (C=O) groups excluding carboxylic acids is 3. The molecule has 3 heterocycles. The van der Waals surface area contributed by atoms with Gasteiger partial charge in [0.2, 0.25) is 11.7 Å². The lowest BCUT2D eigenvalue weighted by atomic mass is 9.94. The topological polar surface area (TPSA) is 96.8 Å². The SMILES string of the molecule is COc1ccc(-c2cnc(C(=O)Nc3ccc(C(=O)N4CCN(C(=O)C5CC[N+](C)(C)CC5)CC4)c(Cl)c3)n2C)c(F)c1F. The van der Waals surface area contributed by atoms with Crippen LogP contribution in [-0.4, -0.2) is 102 Å². The van der Waals surface area contributed by atoms with Crippen molar-refractivity contribution in [2.75, 3.05) is 65.8 Å². The van der Waals surface area contributed by atoms with Crippen LogP contribution < -0.4 is 10.1 Å². The number of likely N-dealkylation sites (tertiary alicyclic amines) is 1. The largest absolute Gasteiger partial charge is 0.494 e. The fraction of sp³-hybridized carbons (Fsp3) is 0.419. The number of imidazole rings is 1. The number of halogens is 3. The molecule has 0 atom stereocenters. The number of quaternary nitrogens is 1. The molecule has 44 heavy (non-hydrogen) atoms. The van der Waals surface area contributed by atoms with E-state index in [0.717, 1.165) is 30.4 Å². The standard InChI is InChI=1S/C31H35ClF2N6O4/c1-37-24(22-7-8-25(44-4)27(34)26(22)33)18-35-28(37)29(41)36-20-5-6-21(23(32)17-20)31(43)39-13-11-38(12-14-39)30(42)19-9-15-40(2,3)16-10-19/h5-8,17-19H,9-16H2,1-4H3/p+1. The molecule has 0 spiro atoms. The highest BCUT2D eigenvalue weighted by Crippen LogP contribution is 2.30. The number of aromatic nitrogens is 2. The van der Waals surface area contributed by atoms with E-state index < -0.39 is 17.5 Å². The summed E-state index contributed by atoms with van der Waals surface area (Å²) in [7, 11) is 7.12. The van der Waals surface area contributed by atoms with Crippen molar-refractivity contribution in [1.29, 1.82) is 0 Å². The monoisotopic (exact) mass is 629 g/mol. The van der Waals surface area contributed by atoms with Gasteiger partial charge in [-0.25, -0.2) is 9.37 Å². The van der Waals surface area contributed by atoms with Crippen LogP contribution in [0.1, 0.15) is 33.8 Å². The van der Waals surface area contributed by atoms with Gasteiger partial charge in [0.05, 0.1) is 56.8 Å². The molecule has 0 radical (unpaired) electrons. The second-order valence-corrected chi connectivity index (χ2v) is 12.3. The summed E-state index contributed by atoms with van der Waals surface area (Å²) in [5.74, 6) is -3.17. The van der Waals surface area contributed by atoms with Crippen molar-refractivity contribution >= 4 is 35.0 Å². The Morgan fingerprint density at radius 3 is 2.30 bits per heavy atom. The first-order chi connectivity index (χ1) is 20.9. The number of methoxy groups -OCH3 is 1. The van der Waals surface area contributed by atoms with E-state index >= 15 is 0 Å². The van der Waals surface area contributed by atoms with Gasteiger partial charge in [-0.15, -0.1) is 0 Å². The third-order valence-corrected chi connectivity index (χ3v) is 8.90. The third kappa shape index (κ3) is 6.27. The normalized spacial score (nSPS) is 17.0. The van der Waals surface area contributed by atoms with Gasteiger partial charge in [-0.1, -0.05) is 11.6 Å². The van der Waals surface area contributed by atoms with Crippen LogP contribution in [0.15, 0.2) is 36.5 Å². The molecular weight excluding hydrogens is 594 g/mol. The predicted octanol–water partition coefficient (Wildman–Crippen LogP) is 4.05. The molecule has 0 unspecified atom stereocenters. The zero-order chi connectivity index (χ0) is 31.8. The number of piperazine rings is 1. The first-order valence-electron chi connectivity index (χ1n) is 14.4. The number of hydrogen-bond acceptors (Lipinski definition) is 5. The van der Waals surface area contributed by atoms with Crippen molar-refractivity contribution < 1.29 is 32.4 Å². The van der Waals surface area contributed by atoms with E-state index in [0.29, 0.717) is 31.9 Å². The van der Waals surface area contributed by atoms with Crippen LogP contribution in [-0.2, 0) is 11.8 Å². The maximum absolute atomic E-state index is 14.6. The first kappa shape index (κ1) is 31.4. The number of ether oxygens (including phenoxy) is 1. The minimum absolute atomic E-state index is 0.0459. The van der Waals surface area contributed by atoms with E-state index in [-0.39, 0.29) is 51.1 Å². The molecule has 0 saturated carbocycles. The molecule has 10 nitrogen and oxygen atoms in total. The molecule has 2 aliphatic heterocycles. The molecule has 1 aromatic heterocycles. The van der Waals surface area contributed by atoms with E-state index in [1.54, 1.807) is 17.0 Å². The summed E-state index contributed by atoms with van der Waals surface area (Å²) in [6.07, 6.45) is 3.04. The summed E-state index contributed by atoms with van der Waals surface area (Å²) in [4.78, 5) is 47.0. The Bertz CT molecular complexity index is 1590. The Hall–Kier alpha value is -4.03. The van der Waals surface area contributed by atoms with Crippen LogP contribution in [0.4, 0.5) is 14.5 Å². The van der Waals surface area contributed by atoms with Crippen LogP contribution in [0.2, 0.25) is 5.02 Å². The Labute approximate surface area is 259 Å². The van der Waals surface area contributed by atoms with Gasteiger partial charge >= 0.3 is 0 Å². The second kappa shape index (κ2) is 12.5. The summed E-state index contributed by atoms with van der Waals surface area (Å²) in [6.45, 7) is 3.74. The van der Waals surface area contributed by atoms with E-state index in [1.165, 1.54) is 43.1 Å². The molecule has 13 heteroatoms. The maximum atomic E-state index is 14.6. The van der Waals surface area contributed by atoms with Crippen molar-refractivity contribution in [3.63, 3.8) is 0 Å². The molecule has 1 N–H and O–H groups in total. The van der Waals surface area contributed by atoms with Crippen LogP contribution in [0, 0.1) is 17.6 Å². The van der Waals surface area contributed by atoms with Gasteiger partial charge in [-0.3, -0.25) is 14.4 Å². The number of nitrogens with zero attached hydrogens (tertiary/aromatic N) is 5. The first-order valence-corrected chi connectivity index (χ1v) is 14.8. The van der Waals surface area contributed by atoms with E-state index in [2.05, 4.69) is 24.4 Å². The van der Waals surface area contributed by atoms with E-state index in [4.69, 9.17) is 16.3 Å². The fourth-order valence-corrected chi connectivity index (χ4v) is 6.04. The number of carbonyl (C=O) groups is 3. The average molecular weight is 630 g/mol. The Kier molecular flexibility index (Phi) is 8.94. The average Bonchev–Trinajstić information content (AvgIpc) is 3.39. The van der Waals surface area contributed by atoms with Crippen molar-refractivity contribution in [2.45, 2.75) is 12.8 Å². The molecule has 2 aliphatic rings. The van der Waals surface area contributed by atoms with Crippen molar-refractivity contribution in [2.24, 2.45) is 13.0 Å². The summed E-state index contributed by atoms with van der Waals surface area (Å²) in [6, 6.07) is 7.21. The lowest BCUT2D eigenvalue weighted by Crippen LogP contribution is -2.54. The predicted molar refractivity (Wildman–Crippen MR) is 162 cm³/mol. The lowest BCUT2D eigenvalue weighted by molar-refractivity contribution is -0.895. The van der Waals surface area contributed by atoms with E-state index in [1.807, 2.05) is 4.90 Å². The molecule has 234 valence electrons. The number of anilines is 1. The lowest BCUT2D eigenvalue weighted by Gasteiger charge is -2.40. The highest BCUT2D eigenvalue weighted by Gasteiger charge is 2.35. The molecule has 2 saturated heterocycles. The molecule has 3 amide bonds. The molecule has 3 aromatic rings. The second-order valence-electron chi connectivity index (χ2n) is 11.9. The van der Waals surface area contributed by atoms with Gasteiger partial charge in [0.1, 0.15) is 0 Å². The molecule has 0 bridgehead atoms. The number of rotatable bonds is 6. The summed E-state index contributed by atoms with van der Waals surface area (Å²) in [5.41, 5.74) is 0.725. The Balaban J connectivity index is 1.20. The highest BCUT2D eigenvalue weighted by molar-refractivity contribution is 6.34. The number of nitrogens with one attached hydrogen (secondary N) is 1. The van der Waals surface area contributed by atoms with Gasteiger partial charge in [0.25, 0.3) is 11.8 Å². The van der Waals surface area contributed by atoms with Crippen molar-refractivity contribution in [1.82, 2.24) is 19.4 Å². The van der Waals surface area contributed by atoms with Crippen LogP contribution >= 0.6 is 11.6 Å². The third-order valence-electron chi connectivity index (χ3n) is 8.58. The summed E-state index contributed by atoms with van der Waals surface area (Å²) in [5, 5.41) is 2.84. The van der Waals surface area contributed by atoms with Crippen LogP contribution in [0.3, 0.4) is 0 Å². The zero-order valence-corrected chi connectivity index (χ0v) is 26.0. The molecular formula is C31H36ClF2N6O4+. The van der Waals surface area contributed by atoms with Crippen molar-refractivity contribution in [3.05, 3.63) is 64.6 Å². The number of benzene rings is 2. The Morgan fingerprint density at radius 2 is 1.66 bits per heavy atom. The van der Waals surface area contributed by atoms with Gasteiger partial charge in [0.15, 0.2) is 17.4 Å². The van der Waals surface area contributed by atoms with Crippen LogP contribution in [0.5, 0.6) is 5.75 Å². The van der Waals surface area contributed by atoms with Gasteiger partial charge in [-0.05, 0) is 30.3 Å². The minimum atomic E-state index is -1.14. The number of amides is 3. The summed E-state index contributed by atoms with van der Waals surface area (Å²) >= 11 is 6.48. The quantitative estimate of drug-likeness (QED) is 0.415. The highest BCUT2D eigenvalue weighted by atomic mass is 35.5. The van der Waals surface area contributed by atoms with Crippen molar-refractivity contribution in [3.8, 4) is 17.0 Å². The van der Waals surface area contributed by atoms with Gasteiger partial charge < -0.3 is 28.9 Å². The molecule has 2 aromatic carbocycles. The minimum Gasteiger partial charge on any atom is -0.494 e. The van der Waals surface area contributed by atoms with Crippen LogP contribution in [0.25, 0.3) is 11.3 Å². The number of hydrogen-bond donors (Lipinski definition) is 1. The van der Waals surface area contributed by atoms with Gasteiger partial charge in [-0.2, -0.15) is 4.39 Å². The zero-order valence-electron chi connectivity index (χ0n) is 25.2. The van der Waals surface area contributed by atoms with E-state index in [9.17, 15) is 23.2 Å². The molecule has 2 fully saturated rings. The maximum Gasteiger partial charge on any atom is 0.291 e. The smallest absolute Gasteiger partial charge is 0.291 e. The van der Waals surface area contributed by atoms with Gasteiger partial charge in [0, 0.05) is 63.2 Å². The summed E-state index contributed by atoms with van der Waals surface area (Å²) < 4.78 is 36.0. The number of piperidine rings is 1. The Morgan fingerprint density at radius 1 is 1.00 bits per heavy atom.